The molecule has 0 saturated carbocycles. The van der Waals surface area contributed by atoms with Gasteiger partial charge in [-0.1, -0.05) is 62.4 Å². The number of pyridine rings is 1. The van der Waals surface area contributed by atoms with E-state index in [0.717, 1.165) is 16.8 Å². The molecule has 1 aromatic heterocycles. The first-order valence-electron chi connectivity index (χ1n) is 18.2. The highest BCUT2D eigenvalue weighted by Gasteiger charge is 2.39. The predicted molar refractivity (Wildman–Crippen MR) is 198 cm³/mol. The van der Waals surface area contributed by atoms with Gasteiger partial charge in [-0.05, 0) is 54.2 Å². The Labute approximate surface area is 310 Å². The Balaban J connectivity index is 1.46. The number of hydrogen-bond acceptors (Lipinski definition) is 8. The molecular formula is C40H50N6O7. The molecule has 1 saturated heterocycles. The van der Waals surface area contributed by atoms with Gasteiger partial charge in [-0.25, -0.2) is 0 Å². The number of ether oxygens (including phenoxy) is 2. The fourth-order valence-electron chi connectivity index (χ4n) is 6.79. The van der Waals surface area contributed by atoms with Gasteiger partial charge in [0.15, 0.2) is 6.61 Å². The second-order valence-corrected chi connectivity index (χ2v) is 14.0. The first-order valence-corrected chi connectivity index (χ1v) is 18.2. The van der Waals surface area contributed by atoms with Crippen LogP contribution in [0.3, 0.4) is 0 Å². The zero-order valence-electron chi connectivity index (χ0n) is 30.7. The van der Waals surface area contributed by atoms with Crippen LogP contribution in [-0.4, -0.2) is 109 Å². The summed E-state index contributed by atoms with van der Waals surface area (Å²) in [6, 6.07) is 19.8. The maximum absolute atomic E-state index is 14.2. The van der Waals surface area contributed by atoms with Gasteiger partial charge < -0.3 is 35.2 Å². The molecule has 5 amide bonds. The van der Waals surface area contributed by atoms with Gasteiger partial charge >= 0.3 is 0 Å². The maximum Gasteiger partial charge on any atom is 0.258 e. The fourth-order valence-corrected chi connectivity index (χ4v) is 6.79. The third kappa shape index (κ3) is 11.3. The SMILES string of the molecule is COCCN1CC(=O)N[C@@H](Cc2ccccc2)C(=O)N[C@@H]2CN(C(=O)CCc3ccccn3)C[C@H]2c2cccc(c2)OCC(=O)N[C@H](CC(C)C)C1=O. The molecule has 1 fully saturated rings. The van der Waals surface area contributed by atoms with Crippen LogP contribution in [0, 0.1) is 5.92 Å². The van der Waals surface area contributed by atoms with Crippen LogP contribution in [0.4, 0.5) is 0 Å². The molecule has 3 aromatic rings. The van der Waals surface area contributed by atoms with Crippen LogP contribution in [0.5, 0.6) is 5.75 Å². The lowest BCUT2D eigenvalue weighted by molar-refractivity contribution is -0.141. The normalized spacial score (nSPS) is 21.5. The minimum Gasteiger partial charge on any atom is -0.484 e. The van der Waals surface area contributed by atoms with E-state index >= 15 is 0 Å². The number of nitrogens with one attached hydrogen (secondary N) is 3. The number of aromatic nitrogens is 1. The summed E-state index contributed by atoms with van der Waals surface area (Å²) in [5.74, 6) is -1.74. The molecule has 5 rings (SSSR count). The molecule has 0 radical (unpaired) electrons. The fraction of sp³-hybridized carbons (Fsp3) is 0.450. The van der Waals surface area contributed by atoms with Crippen molar-refractivity contribution in [3.05, 3.63) is 95.8 Å². The van der Waals surface area contributed by atoms with Gasteiger partial charge in [0.1, 0.15) is 17.8 Å². The molecule has 2 bridgehead atoms. The average molecular weight is 727 g/mol. The molecule has 2 aromatic carbocycles. The second kappa shape index (κ2) is 19.0. The number of methoxy groups -OCH3 is 1. The van der Waals surface area contributed by atoms with Crippen LogP contribution in [0.25, 0.3) is 0 Å². The second-order valence-electron chi connectivity index (χ2n) is 14.0. The van der Waals surface area contributed by atoms with Crippen LogP contribution in [0.1, 0.15) is 49.4 Å². The van der Waals surface area contributed by atoms with Crippen molar-refractivity contribution < 1.29 is 33.4 Å². The van der Waals surface area contributed by atoms with Crippen LogP contribution in [0.2, 0.25) is 0 Å². The van der Waals surface area contributed by atoms with Crippen molar-refractivity contribution in [1.82, 2.24) is 30.7 Å². The number of hydrogen-bond donors (Lipinski definition) is 3. The van der Waals surface area contributed by atoms with E-state index in [1.807, 2.05) is 80.6 Å². The molecule has 3 heterocycles. The minimum absolute atomic E-state index is 0.0533. The lowest BCUT2D eigenvalue weighted by atomic mass is 9.93. The Bertz CT molecular complexity index is 1710. The maximum atomic E-state index is 14.2. The zero-order valence-corrected chi connectivity index (χ0v) is 30.7. The van der Waals surface area contributed by atoms with Crippen molar-refractivity contribution in [2.45, 2.75) is 63.6 Å². The Morgan fingerprint density at radius 3 is 2.43 bits per heavy atom. The molecule has 0 spiro atoms. The smallest absolute Gasteiger partial charge is 0.258 e. The summed E-state index contributed by atoms with van der Waals surface area (Å²) in [4.78, 5) is 76.0. The van der Waals surface area contributed by atoms with Crippen molar-refractivity contribution in [3.63, 3.8) is 0 Å². The number of carbonyl (C=O) groups is 5. The number of benzene rings is 2. The summed E-state index contributed by atoms with van der Waals surface area (Å²) >= 11 is 0. The first-order chi connectivity index (χ1) is 25.6. The van der Waals surface area contributed by atoms with E-state index in [2.05, 4.69) is 20.9 Å². The van der Waals surface area contributed by atoms with Gasteiger partial charge in [-0.15, -0.1) is 0 Å². The van der Waals surface area contributed by atoms with Crippen molar-refractivity contribution in [3.8, 4) is 5.75 Å². The van der Waals surface area contributed by atoms with Gasteiger partial charge in [-0.3, -0.25) is 29.0 Å². The standard InChI is InChI=1S/C40H50N6O7/c1-27(2)20-34-40(51)45(18-19-52-3)25-36(47)42-33(21-28-10-5-4-6-11-28)39(50)44-35-24-46(38(49)16-15-30-13-7-8-17-41-30)23-32(35)29-12-9-14-31(22-29)53-26-37(48)43-34/h4-14,17,22,27,32-35H,15-16,18-21,23-26H2,1-3H3,(H,42,47)(H,43,48)(H,44,50)/t32-,33-,34+,35+/m0/s1. The summed E-state index contributed by atoms with van der Waals surface area (Å²) in [5, 5.41) is 8.87. The highest BCUT2D eigenvalue weighted by molar-refractivity contribution is 5.93. The van der Waals surface area contributed by atoms with E-state index in [0.29, 0.717) is 25.1 Å². The zero-order chi connectivity index (χ0) is 37.7. The van der Waals surface area contributed by atoms with Crippen LogP contribution < -0.4 is 20.7 Å². The molecule has 3 N–H and O–H groups in total. The Hall–Kier alpha value is -5.30. The third-order valence-electron chi connectivity index (χ3n) is 9.46. The number of nitrogens with zero attached hydrogens (tertiary/aromatic N) is 3. The largest absolute Gasteiger partial charge is 0.484 e. The quantitative estimate of drug-likeness (QED) is 0.287. The van der Waals surface area contributed by atoms with Crippen molar-refractivity contribution in [1.29, 1.82) is 0 Å². The number of likely N-dealkylation sites (tertiary alicyclic amines) is 1. The Kier molecular flexibility index (Phi) is 13.9. The van der Waals surface area contributed by atoms with Crippen LogP contribution in [0.15, 0.2) is 79.0 Å². The molecule has 282 valence electrons. The van der Waals surface area contributed by atoms with Gasteiger partial charge in [0.25, 0.3) is 5.91 Å². The summed E-state index contributed by atoms with van der Waals surface area (Å²) in [6.45, 7) is 4.06. The number of amides is 5. The average Bonchev–Trinajstić information content (AvgIpc) is 3.58. The highest BCUT2D eigenvalue weighted by Crippen LogP contribution is 2.31. The topological polar surface area (TPSA) is 159 Å². The van der Waals surface area contributed by atoms with Gasteiger partial charge in [0.2, 0.25) is 23.6 Å². The lowest BCUT2D eigenvalue weighted by Gasteiger charge is -2.29. The number of rotatable bonds is 10. The molecule has 13 nitrogen and oxygen atoms in total. The molecule has 13 heteroatoms. The van der Waals surface area contributed by atoms with Crippen molar-refractivity contribution in [2.75, 3.05) is 46.5 Å². The third-order valence-corrected chi connectivity index (χ3v) is 9.46. The van der Waals surface area contributed by atoms with Crippen LogP contribution in [-0.2, 0) is 41.6 Å². The van der Waals surface area contributed by atoms with E-state index in [1.54, 1.807) is 17.2 Å². The van der Waals surface area contributed by atoms with E-state index in [4.69, 9.17) is 9.47 Å². The Morgan fingerprint density at radius 2 is 1.70 bits per heavy atom. The molecule has 4 atom stereocenters. The number of aryl methyl sites for hydroxylation is 1. The van der Waals surface area contributed by atoms with Crippen molar-refractivity contribution in [2.24, 2.45) is 5.92 Å². The molecule has 53 heavy (non-hydrogen) atoms. The monoisotopic (exact) mass is 726 g/mol. The van der Waals surface area contributed by atoms with Gasteiger partial charge in [-0.2, -0.15) is 0 Å². The molecule has 0 unspecified atom stereocenters. The van der Waals surface area contributed by atoms with Gasteiger partial charge in [0.05, 0.1) is 19.2 Å². The predicted octanol–water partition coefficient (Wildman–Crippen LogP) is 2.25. The molecule has 2 aliphatic heterocycles. The van der Waals surface area contributed by atoms with Crippen molar-refractivity contribution >= 4 is 29.5 Å². The van der Waals surface area contributed by atoms with E-state index in [9.17, 15) is 24.0 Å². The van der Waals surface area contributed by atoms with E-state index in [1.165, 1.54) is 12.0 Å². The highest BCUT2D eigenvalue weighted by atomic mass is 16.5. The number of fused-ring (bicyclic) bond motifs is 4. The van der Waals surface area contributed by atoms with Gasteiger partial charge in [0, 0.05) is 57.4 Å². The molecule has 0 aliphatic carbocycles. The lowest BCUT2D eigenvalue weighted by Crippen LogP contribution is -2.56. The molecule has 2 aliphatic rings. The first kappa shape index (κ1) is 38.9. The van der Waals surface area contributed by atoms with E-state index in [-0.39, 0.29) is 63.4 Å². The molecular weight excluding hydrogens is 676 g/mol. The van der Waals surface area contributed by atoms with Crippen LogP contribution >= 0.6 is 0 Å². The summed E-state index contributed by atoms with van der Waals surface area (Å²) in [7, 11) is 1.50. The summed E-state index contributed by atoms with van der Waals surface area (Å²) in [5.41, 5.74) is 2.47. The Morgan fingerprint density at radius 1 is 0.925 bits per heavy atom. The van der Waals surface area contributed by atoms with E-state index < -0.39 is 41.8 Å². The minimum atomic E-state index is -0.987. The summed E-state index contributed by atoms with van der Waals surface area (Å²) < 4.78 is 11.2. The number of carbonyl (C=O) groups excluding carboxylic acids is 5. The summed E-state index contributed by atoms with van der Waals surface area (Å²) in [6.07, 6.45) is 2.97.